The minimum Gasteiger partial charge on any atom is -0.507 e. The summed E-state index contributed by atoms with van der Waals surface area (Å²) in [6, 6.07) is 13.9. The van der Waals surface area contributed by atoms with E-state index in [1.165, 1.54) is 6.07 Å². The molecule has 1 N–H and O–H groups in total. The SMILES string of the molecule is [CH2]CCN(Cc1ccc(Cl)cc1)C(=O)c1ccccc1O. The van der Waals surface area contributed by atoms with Crippen LogP contribution in [0.15, 0.2) is 48.5 Å². The summed E-state index contributed by atoms with van der Waals surface area (Å²) in [6.45, 7) is 4.78. The van der Waals surface area contributed by atoms with E-state index in [4.69, 9.17) is 11.6 Å². The second-order valence-corrected chi connectivity index (χ2v) is 5.16. The Hall–Kier alpha value is -2.00. The normalized spacial score (nSPS) is 10.4. The number of carbonyl (C=O) groups excluding carboxylic acids is 1. The van der Waals surface area contributed by atoms with Gasteiger partial charge in [0.25, 0.3) is 5.91 Å². The van der Waals surface area contributed by atoms with Gasteiger partial charge < -0.3 is 10.0 Å². The molecule has 0 aliphatic rings. The molecule has 109 valence electrons. The number of aromatic hydroxyl groups is 1. The van der Waals surface area contributed by atoms with E-state index in [-0.39, 0.29) is 11.7 Å². The van der Waals surface area contributed by atoms with Crippen LogP contribution in [0.5, 0.6) is 5.75 Å². The third-order valence-corrected chi connectivity index (χ3v) is 3.39. The summed E-state index contributed by atoms with van der Waals surface area (Å²) in [5.74, 6) is -0.209. The largest absolute Gasteiger partial charge is 0.507 e. The van der Waals surface area contributed by atoms with E-state index in [0.29, 0.717) is 30.1 Å². The van der Waals surface area contributed by atoms with Gasteiger partial charge in [-0.15, -0.1) is 0 Å². The molecular weight excluding hydrogens is 286 g/mol. The fraction of sp³-hybridized carbons (Fsp3) is 0.176. The Kier molecular flexibility index (Phi) is 5.23. The van der Waals surface area contributed by atoms with Crippen molar-refractivity contribution in [2.75, 3.05) is 6.54 Å². The molecule has 0 spiro atoms. The molecule has 4 heteroatoms. The number of para-hydroxylation sites is 1. The highest BCUT2D eigenvalue weighted by Gasteiger charge is 2.18. The molecule has 0 saturated carbocycles. The van der Waals surface area contributed by atoms with E-state index >= 15 is 0 Å². The van der Waals surface area contributed by atoms with Gasteiger partial charge in [-0.3, -0.25) is 4.79 Å². The van der Waals surface area contributed by atoms with Crippen molar-refractivity contribution in [2.45, 2.75) is 13.0 Å². The summed E-state index contributed by atoms with van der Waals surface area (Å²) >= 11 is 5.86. The van der Waals surface area contributed by atoms with E-state index in [9.17, 15) is 9.90 Å². The zero-order valence-electron chi connectivity index (χ0n) is 11.6. The van der Waals surface area contributed by atoms with Crippen molar-refractivity contribution in [3.8, 4) is 5.75 Å². The lowest BCUT2D eigenvalue weighted by Gasteiger charge is -2.22. The first kappa shape index (κ1) is 15.4. The van der Waals surface area contributed by atoms with Crippen molar-refractivity contribution in [3.05, 3.63) is 71.6 Å². The zero-order valence-corrected chi connectivity index (χ0v) is 12.4. The predicted molar refractivity (Wildman–Crippen MR) is 84.3 cm³/mol. The maximum Gasteiger partial charge on any atom is 0.257 e. The highest BCUT2D eigenvalue weighted by atomic mass is 35.5. The van der Waals surface area contributed by atoms with Crippen molar-refractivity contribution in [2.24, 2.45) is 0 Å². The smallest absolute Gasteiger partial charge is 0.257 e. The second-order valence-electron chi connectivity index (χ2n) is 4.72. The third-order valence-electron chi connectivity index (χ3n) is 3.14. The van der Waals surface area contributed by atoms with Crippen LogP contribution in [0.2, 0.25) is 5.02 Å². The summed E-state index contributed by atoms with van der Waals surface area (Å²) < 4.78 is 0. The van der Waals surface area contributed by atoms with Crippen LogP contribution in [0.3, 0.4) is 0 Å². The van der Waals surface area contributed by atoms with E-state index in [1.807, 2.05) is 12.1 Å². The number of rotatable bonds is 5. The third kappa shape index (κ3) is 3.99. The molecule has 1 amide bonds. The number of hydrogen-bond acceptors (Lipinski definition) is 2. The molecule has 0 atom stereocenters. The summed E-state index contributed by atoms with van der Waals surface area (Å²) in [6.07, 6.45) is 0.604. The van der Waals surface area contributed by atoms with Gasteiger partial charge in [0.15, 0.2) is 0 Å². The van der Waals surface area contributed by atoms with Crippen molar-refractivity contribution < 1.29 is 9.90 Å². The molecule has 0 fully saturated rings. The molecule has 2 aromatic carbocycles. The fourth-order valence-corrected chi connectivity index (χ4v) is 2.20. The molecule has 2 rings (SSSR count). The Labute approximate surface area is 129 Å². The molecule has 21 heavy (non-hydrogen) atoms. The minimum absolute atomic E-state index is 0.00679. The van der Waals surface area contributed by atoms with Gasteiger partial charge in [-0.2, -0.15) is 0 Å². The van der Waals surface area contributed by atoms with Crippen LogP contribution < -0.4 is 0 Å². The number of benzene rings is 2. The molecule has 0 aliphatic heterocycles. The van der Waals surface area contributed by atoms with E-state index in [2.05, 4.69) is 6.92 Å². The molecular formula is C17H17ClNO2. The van der Waals surface area contributed by atoms with Gasteiger partial charge in [0.05, 0.1) is 5.56 Å². The molecule has 2 aromatic rings. The van der Waals surface area contributed by atoms with Gasteiger partial charge in [-0.1, -0.05) is 42.8 Å². The van der Waals surface area contributed by atoms with Crippen molar-refractivity contribution in [3.63, 3.8) is 0 Å². The van der Waals surface area contributed by atoms with Crippen LogP contribution in [0.25, 0.3) is 0 Å². The van der Waals surface area contributed by atoms with Gasteiger partial charge in [0.2, 0.25) is 0 Å². The van der Waals surface area contributed by atoms with Crippen molar-refractivity contribution in [1.82, 2.24) is 4.90 Å². The van der Waals surface area contributed by atoms with Crippen LogP contribution in [0.1, 0.15) is 22.3 Å². The average molecular weight is 303 g/mol. The lowest BCUT2D eigenvalue weighted by molar-refractivity contribution is 0.0743. The fourth-order valence-electron chi connectivity index (χ4n) is 2.08. The van der Waals surface area contributed by atoms with E-state index in [0.717, 1.165) is 5.56 Å². The molecule has 1 radical (unpaired) electrons. The number of nitrogens with zero attached hydrogens (tertiary/aromatic N) is 1. The topological polar surface area (TPSA) is 40.5 Å². The molecule has 0 heterocycles. The number of halogens is 1. The lowest BCUT2D eigenvalue weighted by atomic mass is 10.1. The quantitative estimate of drug-likeness (QED) is 0.909. The summed E-state index contributed by atoms with van der Waals surface area (Å²) in [7, 11) is 0. The molecule has 0 bridgehead atoms. The van der Waals surface area contributed by atoms with E-state index in [1.54, 1.807) is 35.2 Å². The standard InChI is InChI=1S/C17H17ClNO2/c1-2-11-19(12-13-7-9-14(18)10-8-13)17(21)15-5-3-4-6-16(15)20/h3-10,20H,1-2,11-12H2. The van der Waals surface area contributed by atoms with E-state index < -0.39 is 0 Å². The second kappa shape index (κ2) is 7.14. The Balaban J connectivity index is 2.20. The van der Waals surface area contributed by atoms with Crippen LogP contribution in [0.4, 0.5) is 0 Å². The van der Waals surface area contributed by atoms with Gasteiger partial charge in [-0.05, 0) is 36.2 Å². The Morgan fingerprint density at radius 3 is 2.43 bits per heavy atom. The highest BCUT2D eigenvalue weighted by molar-refractivity contribution is 6.30. The number of phenols is 1. The molecule has 3 nitrogen and oxygen atoms in total. The lowest BCUT2D eigenvalue weighted by Crippen LogP contribution is -2.31. The number of amides is 1. The van der Waals surface area contributed by atoms with Crippen LogP contribution in [0, 0.1) is 6.92 Å². The molecule has 0 aromatic heterocycles. The monoisotopic (exact) mass is 302 g/mol. The predicted octanol–water partition coefficient (Wildman–Crippen LogP) is 3.91. The molecule has 0 unspecified atom stereocenters. The van der Waals surface area contributed by atoms with Crippen molar-refractivity contribution >= 4 is 17.5 Å². The minimum atomic E-state index is -0.202. The van der Waals surface area contributed by atoms with Gasteiger partial charge in [-0.25, -0.2) is 0 Å². The Morgan fingerprint density at radius 1 is 1.14 bits per heavy atom. The first-order valence-electron chi connectivity index (χ1n) is 6.73. The Bertz CT molecular complexity index is 610. The maximum absolute atomic E-state index is 12.5. The highest BCUT2D eigenvalue weighted by Crippen LogP contribution is 2.20. The van der Waals surface area contributed by atoms with Crippen molar-refractivity contribution in [1.29, 1.82) is 0 Å². The maximum atomic E-state index is 12.5. The van der Waals surface area contributed by atoms with Gasteiger partial charge >= 0.3 is 0 Å². The number of hydrogen-bond donors (Lipinski definition) is 1. The molecule has 0 aliphatic carbocycles. The number of phenolic OH excluding ortho intramolecular Hbond substituents is 1. The first-order valence-corrected chi connectivity index (χ1v) is 7.10. The number of carbonyl (C=O) groups is 1. The first-order chi connectivity index (χ1) is 10.1. The zero-order chi connectivity index (χ0) is 15.2. The summed E-state index contributed by atoms with van der Waals surface area (Å²) in [5, 5.41) is 10.5. The molecule has 0 saturated heterocycles. The Morgan fingerprint density at radius 2 is 1.81 bits per heavy atom. The van der Waals surface area contributed by atoms with Crippen LogP contribution in [-0.2, 0) is 6.54 Å². The average Bonchev–Trinajstić information content (AvgIpc) is 2.49. The van der Waals surface area contributed by atoms with Crippen LogP contribution in [-0.4, -0.2) is 22.5 Å². The summed E-state index contributed by atoms with van der Waals surface area (Å²) in [5.41, 5.74) is 1.29. The van der Waals surface area contributed by atoms with Crippen LogP contribution >= 0.6 is 11.6 Å². The summed E-state index contributed by atoms with van der Waals surface area (Å²) in [4.78, 5) is 14.2. The van der Waals surface area contributed by atoms with Gasteiger partial charge in [0, 0.05) is 18.1 Å². The van der Waals surface area contributed by atoms with Gasteiger partial charge in [0.1, 0.15) is 5.75 Å².